The second kappa shape index (κ2) is 23.1. The number of carbonyl (C=O) groups is 1. The first kappa shape index (κ1) is 29.4. The fraction of sp³-hybridized carbons (Fsp3) is 0.962. The SMILES string of the molecule is CCCC(O)CCC(O)CCCCCCCCCCCCCCCCCCC(=O)O. The number of aliphatic hydroxyl groups is 2. The van der Waals surface area contributed by atoms with Gasteiger partial charge in [-0.3, -0.25) is 4.79 Å². The van der Waals surface area contributed by atoms with Gasteiger partial charge in [0.25, 0.3) is 0 Å². The zero-order valence-corrected chi connectivity index (χ0v) is 20.0. The minimum atomic E-state index is -0.666. The molecule has 0 amide bonds. The number of hydrogen-bond acceptors (Lipinski definition) is 3. The molecule has 2 atom stereocenters. The Balaban J connectivity index is 3.15. The molecule has 0 aliphatic carbocycles. The van der Waals surface area contributed by atoms with Gasteiger partial charge in [-0.1, -0.05) is 110 Å². The molecule has 0 heterocycles. The van der Waals surface area contributed by atoms with Crippen molar-refractivity contribution in [1.82, 2.24) is 0 Å². The van der Waals surface area contributed by atoms with E-state index < -0.39 is 5.97 Å². The molecule has 3 N–H and O–H groups in total. The Hall–Kier alpha value is -0.610. The molecule has 0 bridgehead atoms. The zero-order chi connectivity index (χ0) is 22.3. The van der Waals surface area contributed by atoms with Crippen molar-refractivity contribution in [2.45, 2.75) is 160 Å². The summed E-state index contributed by atoms with van der Waals surface area (Å²) < 4.78 is 0. The molecular formula is C26H52O4. The van der Waals surface area contributed by atoms with E-state index in [1.165, 1.54) is 83.5 Å². The maximum Gasteiger partial charge on any atom is 0.303 e. The van der Waals surface area contributed by atoms with Gasteiger partial charge in [-0.15, -0.1) is 0 Å². The normalized spacial score (nSPS) is 13.4. The van der Waals surface area contributed by atoms with Crippen LogP contribution in [0.5, 0.6) is 0 Å². The monoisotopic (exact) mass is 428 g/mol. The van der Waals surface area contributed by atoms with Crippen LogP contribution in [0.25, 0.3) is 0 Å². The van der Waals surface area contributed by atoms with Crippen LogP contribution >= 0.6 is 0 Å². The molecule has 0 radical (unpaired) electrons. The standard InChI is InChI=1S/C26H52O4/c1-2-19-24(27)22-23-25(28)20-17-15-13-11-9-7-5-3-4-6-8-10-12-14-16-18-21-26(29)30/h24-25,27-28H,2-23H2,1H3,(H,29,30). The molecule has 0 aromatic rings. The van der Waals surface area contributed by atoms with E-state index in [-0.39, 0.29) is 12.2 Å². The molecule has 4 nitrogen and oxygen atoms in total. The van der Waals surface area contributed by atoms with Crippen LogP contribution in [0.4, 0.5) is 0 Å². The highest BCUT2D eigenvalue weighted by atomic mass is 16.4. The van der Waals surface area contributed by atoms with E-state index in [4.69, 9.17) is 5.11 Å². The third-order valence-corrected chi connectivity index (χ3v) is 6.13. The molecule has 0 aliphatic heterocycles. The molecule has 0 fully saturated rings. The average Bonchev–Trinajstić information content (AvgIpc) is 2.71. The number of carboxylic acid groups (broad SMARTS) is 1. The van der Waals surface area contributed by atoms with Crippen LogP contribution < -0.4 is 0 Å². The molecule has 0 aliphatic rings. The van der Waals surface area contributed by atoms with E-state index in [0.29, 0.717) is 6.42 Å². The molecule has 30 heavy (non-hydrogen) atoms. The average molecular weight is 429 g/mol. The van der Waals surface area contributed by atoms with Gasteiger partial charge in [0.2, 0.25) is 0 Å². The second-order valence-electron chi connectivity index (χ2n) is 9.26. The lowest BCUT2D eigenvalue weighted by molar-refractivity contribution is -0.137. The Bertz CT molecular complexity index is 359. The van der Waals surface area contributed by atoms with E-state index >= 15 is 0 Å². The lowest BCUT2D eigenvalue weighted by Gasteiger charge is -2.13. The van der Waals surface area contributed by atoms with Gasteiger partial charge in [0.1, 0.15) is 0 Å². The predicted octanol–water partition coefficient (Wildman–Crippen LogP) is 7.39. The van der Waals surface area contributed by atoms with E-state index in [1.54, 1.807) is 0 Å². The first-order valence-corrected chi connectivity index (χ1v) is 13.1. The van der Waals surface area contributed by atoms with Crippen LogP contribution in [0.1, 0.15) is 148 Å². The van der Waals surface area contributed by atoms with E-state index in [9.17, 15) is 15.0 Å². The van der Waals surface area contributed by atoms with E-state index in [0.717, 1.165) is 51.4 Å². The molecule has 0 rings (SSSR count). The molecule has 0 saturated carbocycles. The van der Waals surface area contributed by atoms with E-state index in [1.807, 2.05) is 0 Å². The predicted molar refractivity (Wildman–Crippen MR) is 127 cm³/mol. The maximum atomic E-state index is 10.4. The smallest absolute Gasteiger partial charge is 0.303 e. The summed E-state index contributed by atoms with van der Waals surface area (Å²) in [6, 6.07) is 0. The molecular weight excluding hydrogens is 376 g/mol. The molecule has 0 aromatic carbocycles. The van der Waals surface area contributed by atoms with Gasteiger partial charge in [-0.05, 0) is 32.1 Å². The van der Waals surface area contributed by atoms with Gasteiger partial charge in [0, 0.05) is 6.42 Å². The topological polar surface area (TPSA) is 77.8 Å². The maximum absolute atomic E-state index is 10.4. The van der Waals surface area contributed by atoms with Gasteiger partial charge in [0.15, 0.2) is 0 Å². The van der Waals surface area contributed by atoms with Gasteiger partial charge < -0.3 is 15.3 Å². The molecule has 0 saturated heterocycles. The van der Waals surface area contributed by atoms with Crippen molar-refractivity contribution in [3.63, 3.8) is 0 Å². The lowest BCUT2D eigenvalue weighted by Crippen LogP contribution is -2.13. The van der Waals surface area contributed by atoms with Crippen molar-refractivity contribution in [2.75, 3.05) is 0 Å². The van der Waals surface area contributed by atoms with Crippen LogP contribution in [0.3, 0.4) is 0 Å². The van der Waals surface area contributed by atoms with Crippen LogP contribution in [0.15, 0.2) is 0 Å². The minimum absolute atomic E-state index is 0.228. The summed E-state index contributed by atoms with van der Waals surface area (Å²) in [5.41, 5.74) is 0. The molecule has 180 valence electrons. The van der Waals surface area contributed by atoms with Gasteiger partial charge in [-0.2, -0.15) is 0 Å². The van der Waals surface area contributed by atoms with Crippen LogP contribution in [-0.2, 0) is 4.79 Å². The van der Waals surface area contributed by atoms with Crippen molar-refractivity contribution in [1.29, 1.82) is 0 Å². The van der Waals surface area contributed by atoms with Crippen molar-refractivity contribution in [3.8, 4) is 0 Å². The fourth-order valence-electron chi connectivity index (χ4n) is 4.14. The summed E-state index contributed by atoms with van der Waals surface area (Å²) in [4.78, 5) is 10.4. The number of hydrogen-bond donors (Lipinski definition) is 3. The number of unbranched alkanes of at least 4 members (excludes halogenated alkanes) is 15. The molecule has 0 aromatic heterocycles. The highest BCUT2D eigenvalue weighted by Gasteiger charge is 2.08. The summed E-state index contributed by atoms with van der Waals surface area (Å²) in [5, 5.41) is 28.3. The lowest BCUT2D eigenvalue weighted by atomic mass is 10.0. The zero-order valence-electron chi connectivity index (χ0n) is 20.0. The Morgan fingerprint density at radius 2 is 0.867 bits per heavy atom. The van der Waals surface area contributed by atoms with Crippen molar-refractivity contribution >= 4 is 5.97 Å². The van der Waals surface area contributed by atoms with E-state index in [2.05, 4.69) is 6.92 Å². The van der Waals surface area contributed by atoms with Gasteiger partial charge >= 0.3 is 5.97 Å². The Kier molecular flexibility index (Phi) is 22.6. The molecule has 0 spiro atoms. The molecule has 2 unspecified atom stereocenters. The summed E-state index contributed by atoms with van der Waals surface area (Å²) in [6.45, 7) is 2.08. The van der Waals surface area contributed by atoms with Crippen LogP contribution in [0.2, 0.25) is 0 Å². The third-order valence-electron chi connectivity index (χ3n) is 6.13. The summed E-state index contributed by atoms with van der Waals surface area (Å²) in [7, 11) is 0. The van der Waals surface area contributed by atoms with Crippen LogP contribution in [-0.4, -0.2) is 33.5 Å². The van der Waals surface area contributed by atoms with Crippen LogP contribution in [0, 0.1) is 0 Å². The first-order valence-electron chi connectivity index (χ1n) is 13.1. The number of aliphatic carboxylic acids is 1. The number of aliphatic hydroxyl groups excluding tert-OH is 2. The highest BCUT2D eigenvalue weighted by molar-refractivity contribution is 5.66. The first-order chi connectivity index (χ1) is 14.6. The Morgan fingerprint density at radius 1 is 0.533 bits per heavy atom. The quantitative estimate of drug-likeness (QED) is 0.140. The Labute approximate surface area is 186 Å². The minimum Gasteiger partial charge on any atom is -0.481 e. The summed E-state index contributed by atoms with van der Waals surface area (Å²) >= 11 is 0. The summed E-state index contributed by atoms with van der Waals surface area (Å²) in [6.07, 6.45) is 24.2. The van der Waals surface area contributed by atoms with Gasteiger partial charge in [0.05, 0.1) is 12.2 Å². The third kappa shape index (κ3) is 23.7. The molecule has 4 heteroatoms. The Morgan fingerprint density at radius 3 is 1.23 bits per heavy atom. The van der Waals surface area contributed by atoms with Crippen molar-refractivity contribution in [3.05, 3.63) is 0 Å². The second-order valence-corrected chi connectivity index (χ2v) is 9.26. The fourth-order valence-corrected chi connectivity index (χ4v) is 4.14. The number of rotatable bonds is 24. The van der Waals surface area contributed by atoms with Crippen molar-refractivity contribution in [2.24, 2.45) is 0 Å². The van der Waals surface area contributed by atoms with Gasteiger partial charge in [-0.25, -0.2) is 0 Å². The van der Waals surface area contributed by atoms with Crippen molar-refractivity contribution < 1.29 is 20.1 Å². The summed E-state index contributed by atoms with van der Waals surface area (Å²) in [5.74, 6) is -0.666. The number of carboxylic acids is 1. The highest BCUT2D eigenvalue weighted by Crippen LogP contribution is 2.16. The largest absolute Gasteiger partial charge is 0.481 e.